The highest BCUT2D eigenvalue weighted by molar-refractivity contribution is 5.92. The Kier molecular flexibility index (Phi) is 5.62. The molecule has 0 saturated heterocycles. The van der Waals surface area contributed by atoms with E-state index in [9.17, 15) is 4.79 Å². The van der Waals surface area contributed by atoms with Crippen molar-refractivity contribution in [1.82, 2.24) is 20.0 Å². The molecule has 0 spiro atoms. The number of benzene rings is 2. The SMILES string of the molecule is CN(CC1Cc2ccccc2CN1C)C(=O)c1cc(COc2ccccc2)[nH]n1. The monoisotopic (exact) mass is 390 g/mol. The zero-order valence-corrected chi connectivity index (χ0v) is 16.8. The number of aromatic amines is 1. The summed E-state index contributed by atoms with van der Waals surface area (Å²) in [6, 6.07) is 20.2. The molecule has 1 aromatic heterocycles. The van der Waals surface area contributed by atoms with Gasteiger partial charge in [-0.05, 0) is 42.8 Å². The van der Waals surface area contributed by atoms with Crippen LogP contribution in [-0.4, -0.2) is 52.6 Å². The zero-order valence-electron chi connectivity index (χ0n) is 16.8. The number of rotatable bonds is 6. The molecule has 2 aromatic carbocycles. The van der Waals surface area contributed by atoms with E-state index in [4.69, 9.17) is 4.74 Å². The average molecular weight is 390 g/mol. The highest BCUT2D eigenvalue weighted by Gasteiger charge is 2.26. The van der Waals surface area contributed by atoms with Gasteiger partial charge in [-0.2, -0.15) is 5.10 Å². The Morgan fingerprint density at radius 3 is 2.69 bits per heavy atom. The fourth-order valence-electron chi connectivity index (χ4n) is 3.74. The Hall–Kier alpha value is -3.12. The van der Waals surface area contributed by atoms with E-state index in [0.717, 1.165) is 24.4 Å². The topological polar surface area (TPSA) is 61.5 Å². The van der Waals surface area contributed by atoms with Gasteiger partial charge in [0.1, 0.15) is 12.4 Å². The van der Waals surface area contributed by atoms with Gasteiger partial charge in [0.2, 0.25) is 0 Å². The molecule has 1 amide bonds. The standard InChI is InChI=1S/C23H26N4O2/c1-26-14-18-9-7-6-8-17(18)12-20(26)15-27(2)23(28)22-13-19(24-25-22)16-29-21-10-4-3-5-11-21/h3-11,13,20H,12,14-16H2,1-2H3,(H,24,25). The minimum Gasteiger partial charge on any atom is -0.487 e. The van der Waals surface area contributed by atoms with Crippen LogP contribution in [0.3, 0.4) is 0 Å². The van der Waals surface area contributed by atoms with Gasteiger partial charge >= 0.3 is 0 Å². The van der Waals surface area contributed by atoms with Crippen LogP contribution < -0.4 is 4.74 Å². The van der Waals surface area contributed by atoms with Crippen LogP contribution in [0, 0.1) is 0 Å². The number of ether oxygens (including phenoxy) is 1. The second kappa shape index (κ2) is 8.49. The number of hydrogen-bond donors (Lipinski definition) is 1. The number of amides is 1. The number of likely N-dealkylation sites (N-methyl/N-ethyl adjacent to an activating group) is 2. The first-order valence-corrected chi connectivity index (χ1v) is 9.85. The number of hydrogen-bond acceptors (Lipinski definition) is 4. The van der Waals surface area contributed by atoms with Crippen molar-refractivity contribution in [2.45, 2.75) is 25.6 Å². The van der Waals surface area contributed by atoms with Gasteiger partial charge in [-0.1, -0.05) is 42.5 Å². The van der Waals surface area contributed by atoms with E-state index in [2.05, 4.69) is 46.4 Å². The van der Waals surface area contributed by atoms with Crippen LogP contribution in [0.2, 0.25) is 0 Å². The molecule has 3 aromatic rings. The maximum absolute atomic E-state index is 12.8. The third-order valence-corrected chi connectivity index (χ3v) is 5.44. The van der Waals surface area contributed by atoms with Gasteiger partial charge in [0.15, 0.2) is 5.69 Å². The normalized spacial score (nSPS) is 16.3. The van der Waals surface area contributed by atoms with Crippen molar-refractivity contribution < 1.29 is 9.53 Å². The quantitative estimate of drug-likeness (QED) is 0.703. The summed E-state index contributed by atoms with van der Waals surface area (Å²) in [5.74, 6) is 0.701. The molecule has 150 valence electrons. The summed E-state index contributed by atoms with van der Waals surface area (Å²) in [4.78, 5) is 16.9. The molecule has 6 nitrogen and oxygen atoms in total. The number of carbonyl (C=O) groups is 1. The van der Waals surface area contributed by atoms with E-state index in [-0.39, 0.29) is 5.91 Å². The van der Waals surface area contributed by atoms with Crippen LogP contribution in [0.25, 0.3) is 0 Å². The van der Waals surface area contributed by atoms with Gasteiger partial charge in [0.05, 0.1) is 5.69 Å². The highest BCUT2D eigenvalue weighted by atomic mass is 16.5. The summed E-state index contributed by atoms with van der Waals surface area (Å²) in [6.45, 7) is 1.91. The number of nitrogens with zero attached hydrogens (tertiary/aromatic N) is 3. The van der Waals surface area contributed by atoms with E-state index < -0.39 is 0 Å². The van der Waals surface area contributed by atoms with E-state index in [1.165, 1.54) is 11.1 Å². The van der Waals surface area contributed by atoms with Crippen molar-refractivity contribution in [1.29, 1.82) is 0 Å². The van der Waals surface area contributed by atoms with Gasteiger partial charge in [0, 0.05) is 26.2 Å². The zero-order chi connectivity index (χ0) is 20.2. The molecule has 1 atom stereocenters. The maximum Gasteiger partial charge on any atom is 0.274 e. The number of H-pyrrole nitrogens is 1. The lowest BCUT2D eigenvalue weighted by Gasteiger charge is -2.36. The van der Waals surface area contributed by atoms with Gasteiger partial charge in [-0.15, -0.1) is 0 Å². The molecule has 0 bridgehead atoms. The van der Waals surface area contributed by atoms with Crippen LogP contribution in [0.5, 0.6) is 5.75 Å². The molecule has 6 heteroatoms. The van der Waals surface area contributed by atoms with Crippen LogP contribution >= 0.6 is 0 Å². The first-order valence-electron chi connectivity index (χ1n) is 9.85. The average Bonchev–Trinajstić information content (AvgIpc) is 3.22. The predicted octanol–water partition coefficient (Wildman–Crippen LogP) is 3.12. The minimum atomic E-state index is -0.0838. The molecule has 0 saturated carbocycles. The van der Waals surface area contributed by atoms with Gasteiger partial charge < -0.3 is 9.64 Å². The first-order chi connectivity index (χ1) is 14.1. The molecule has 1 aliphatic rings. The van der Waals surface area contributed by atoms with Crippen molar-refractivity contribution in [3.05, 3.63) is 83.2 Å². The van der Waals surface area contributed by atoms with E-state index in [1.54, 1.807) is 11.0 Å². The lowest BCUT2D eigenvalue weighted by atomic mass is 9.94. The van der Waals surface area contributed by atoms with Gasteiger partial charge in [-0.3, -0.25) is 14.8 Å². The Morgan fingerprint density at radius 2 is 1.90 bits per heavy atom. The van der Waals surface area contributed by atoms with E-state index in [0.29, 0.717) is 24.9 Å². The first kappa shape index (κ1) is 19.2. The summed E-state index contributed by atoms with van der Waals surface area (Å²) in [6.07, 6.45) is 0.945. The summed E-state index contributed by atoms with van der Waals surface area (Å²) in [5, 5.41) is 7.09. The van der Waals surface area contributed by atoms with Crippen molar-refractivity contribution >= 4 is 5.91 Å². The van der Waals surface area contributed by atoms with E-state index >= 15 is 0 Å². The maximum atomic E-state index is 12.8. The largest absolute Gasteiger partial charge is 0.487 e. The molecule has 1 aliphatic heterocycles. The lowest BCUT2D eigenvalue weighted by Crippen LogP contribution is -2.46. The number of fused-ring (bicyclic) bond motifs is 1. The summed E-state index contributed by atoms with van der Waals surface area (Å²) < 4.78 is 5.71. The molecule has 0 fully saturated rings. The number of para-hydroxylation sites is 1. The van der Waals surface area contributed by atoms with Crippen molar-refractivity contribution in [3.63, 3.8) is 0 Å². The van der Waals surface area contributed by atoms with Gasteiger partial charge in [0.25, 0.3) is 5.91 Å². The second-order valence-electron chi connectivity index (χ2n) is 7.61. The van der Waals surface area contributed by atoms with Crippen LogP contribution in [0.4, 0.5) is 0 Å². The van der Waals surface area contributed by atoms with Crippen LogP contribution in [-0.2, 0) is 19.6 Å². The molecule has 1 unspecified atom stereocenters. The lowest BCUT2D eigenvalue weighted by molar-refractivity contribution is 0.0727. The van der Waals surface area contributed by atoms with Gasteiger partial charge in [-0.25, -0.2) is 0 Å². The molecular weight excluding hydrogens is 364 g/mol. The third kappa shape index (κ3) is 4.49. The van der Waals surface area contributed by atoms with Crippen molar-refractivity contribution in [3.8, 4) is 5.75 Å². The molecule has 0 aliphatic carbocycles. The summed E-state index contributed by atoms with van der Waals surface area (Å²) >= 11 is 0. The smallest absolute Gasteiger partial charge is 0.274 e. The van der Waals surface area contributed by atoms with Crippen LogP contribution in [0.1, 0.15) is 27.3 Å². The molecular formula is C23H26N4O2. The predicted molar refractivity (Wildman–Crippen MR) is 112 cm³/mol. The van der Waals surface area contributed by atoms with E-state index in [1.807, 2.05) is 37.4 Å². The Balaban J connectivity index is 1.35. The second-order valence-corrected chi connectivity index (χ2v) is 7.61. The molecule has 1 N–H and O–H groups in total. The number of aromatic nitrogens is 2. The highest BCUT2D eigenvalue weighted by Crippen LogP contribution is 2.22. The molecule has 4 rings (SSSR count). The third-order valence-electron chi connectivity index (χ3n) is 5.44. The number of nitrogens with one attached hydrogen (secondary N) is 1. The summed E-state index contributed by atoms with van der Waals surface area (Å²) in [7, 11) is 3.96. The fraction of sp³-hybridized carbons (Fsp3) is 0.304. The Morgan fingerprint density at radius 1 is 1.17 bits per heavy atom. The van der Waals surface area contributed by atoms with Crippen LogP contribution in [0.15, 0.2) is 60.7 Å². The Bertz CT molecular complexity index is 970. The summed E-state index contributed by atoms with van der Waals surface area (Å²) in [5.41, 5.74) is 3.93. The molecule has 2 heterocycles. The molecule has 29 heavy (non-hydrogen) atoms. The fourth-order valence-corrected chi connectivity index (χ4v) is 3.74. The molecule has 0 radical (unpaired) electrons. The van der Waals surface area contributed by atoms with Crippen molar-refractivity contribution in [2.75, 3.05) is 20.6 Å². The Labute approximate surface area is 171 Å². The number of carbonyl (C=O) groups excluding carboxylic acids is 1. The van der Waals surface area contributed by atoms with Crippen molar-refractivity contribution in [2.24, 2.45) is 0 Å². The minimum absolute atomic E-state index is 0.0838.